The van der Waals surface area contributed by atoms with Gasteiger partial charge < -0.3 is 4.48 Å². The van der Waals surface area contributed by atoms with Crippen molar-refractivity contribution in [2.75, 3.05) is 0 Å². The van der Waals surface area contributed by atoms with E-state index in [9.17, 15) is 0 Å². The monoisotopic (exact) mass is 885 g/mol. The maximum absolute atomic E-state index is 7.44. The second-order valence-electron chi connectivity index (χ2n) is 19.7. The Labute approximate surface area is 408 Å². The van der Waals surface area contributed by atoms with Crippen molar-refractivity contribution in [3.8, 4) is 33.4 Å². The van der Waals surface area contributed by atoms with Gasteiger partial charge in [-0.15, -0.1) is 0 Å². The van der Waals surface area contributed by atoms with Crippen molar-refractivity contribution in [1.82, 2.24) is 4.48 Å². The molecule has 2 radical (unpaired) electrons. The van der Waals surface area contributed by atoms with Gasteiger partial charge in [-0.05, 0) is 194 Å². The molecule has 1 aliphatic heterocycles. The summed E-state index contributed by atoms with van der Waals surface area (Å²) in [6, 6.07) is 43.3. The highest BCUT2D eigenvalue weighted by molar-refractivity contribution is 6.12. The first-order valence-electron chi connectivity index (χ1n) is 24.7. The molecular formula is C65H65BN2. The molecule has 0 fully saturated rings. The van der Waals surface area contributed by atoms with Gasteiger partial charge in [0, 0.05) is 22.9 Å². The fourth-order valence-corrected chi connectivity index (χ4v) is 11.5. The molecule has 1 unspecified atom stereocenters. The molecule has 338 valence electrons. The number of rotatable bonds is 10. The van der Waals surface area contributed by atoms with Gasteiger partial charge in [-0.3, -0.25) is 4.99 Å². The molecule has 3 heteroatoms. The largest absolute Gasteiger partial charge is 0.397 e. The quantitative estimate of drug-likeness (QED) is 0.122. The summed E-state index contributed by atoms with van der Waals surface area (Å²) >= 11 is 0. The maximum atomic E-state index is 7.44. The number of benzene rings is 6. The highest BCUT2D eigenvalue weighted by atomic mass is 14.9. The van der Waals surface area contributed by atoms with E-state index in [4.69, 9.17) is 13.0 Å². The van der Waals surface area contributed by atoms with Crippen LogP contribution < -0.4 is 0 Å². The Morgan fingerprint density at radius 3 is 1.44 bits per heavy atom. The normalized spacial score (nSPS) is 15.6. The van der Waals surface area contributed by atoms with E-state index in [1.165, 1.54) is 111 Å². The minimum Gasteiger partial charge on any atom is -0.397 e. The standard InChI is InChI=1S/C65H65BN2/c1-12-48-37-58(67-64(48)56-28-21-53(22-29-56)52-19-26-55(27-20-52)61-44(8)33-40(4)34-45(61)9)63(62-46(10)35-41(5)36-47(62)11)59-38-49(13-2)65(68(59)66)57-16-14-15-50(23-30-57)51-17-24-54(25-18-51)60-42(6)31-39(3)32-43(60)7/h15-36,38,48H,12-14,37H2,1-11H3/b63-58+. The molecule has 0 spiro atoms. The second kappa shape index (κ2) is 19.1. The van der Waals surface area contributed by atoms with E-state index in [2.05, 4.69) is 216 Å². The van der Waals surface area contributed by atoms with Gasteiger partial charge in [-0.2, -0.15) is 0 Å². The molecular weight excluding hydrogens is 820 g/mol. The summed E-state index contributed by atoms with van der Waals surface area (Å²) in [5.41, 5.74) is 31.9. The average molecular weight is 885 g/mol. The minimum absolute atomic E-state index is 0.291. The van der Waals surface area contributed by atoms with Crippen molar-refractivity contribution >= 4 is 30.4 Å². The van der Waals surface area contributed by atoms with Crippen molar-refractivity contribution < 1.29 is 0 Å². The molecule has 0 N–H and O–H groups in total. The zero-order valence-electron chi connectivity index (χ0n) is 42.2. The van der Waals surface area contributed by atoms with E-state index in [0.717, 1.165) is 59.6 Å². The second-order valence-corrected chi connectivity index (χ2v) is 19.7. The van der Waals surface area contributed by atoms with E-state index in [0.29, 0.717) is 5.92 Å². The van der Waals surface area contributed by atoms with Crippen LogP contribution in [0.15, 0.2) is 150 Å². The predicted octanol–water partition coefficient (Wildman–Crippen LogP) is 16.9. The third-order valence-electron chi connectivity index (χ3n) is 14.5. The van der Waals surface area contributed by atoms with Crippen LogP contribution in [0.2, 0.25) is 0 Å². The van der Waals surface area contributed by atoms with Crippen molar-refractivity contribution in [2.45, 2.75) is 102 Å². The number of nitrogens with zero attached hydrogens (tertiary/aromatic N) is 2. The smallest absolute Gasteiger partial charge is 0.234 e. The molecule has 2 heterocycles. The van der Waals surface area contributed by atoms with Crippen molar-refractivity contribution in [1.29, 1.82) is 0 Å². The van der Waals surface area contributed by atoms with Crippen LogP contribution in [-0.4, -0.2) is 18.2 Å². The summed E-state index contributed by atoms with van der Waals surface area (Å²) in [6.07, 6.45) is 12.7. The van der Waals surface area contributed by atoms with Crippen molar-refractivity contribution in [2.24, 2.45) is 10.9 Å². The number of aromatic nitrogens is 1. The fourth-order valence-electron chi connectivity index (χ4n) is 11.5. The van der Waals surface area contributed by atoms with E-state index in [-0.39, 0.29) is 0 Å². The van der Waals surface area contributed by atoms with Crippen LogP contribution in [0, 0.1) is 68.2 Å². The summed E-state index contributed by atoms with van der Waals surface area (Å²) in [7, 11) is 7.44. The fraction of sp³-hybridized carbons (Fsp3) is 0.246. The van der Waals surface area contributed by atoms with Gasteiger partial charge in [0.15, 0.2) is 0 Å². The van der Waals surface area contributed by atoms with Gasteiger partial charge in [0.25, 0.3) is 0 Å². The van der Waals surface area contributed by atoms with Crippen LogP contribution in [0.5, 0.6) is 0 Å². The maximum Gasteiger partial charge on any atom is 0.234 e. The van der Waals surface area contributed by atoms with E-state index in [1.807, 2.05) is 4.48 Å². The van der Waals surface area contributed by atoms with Gasteiger partial charge in [0.2, 0.25) is 7.98 Å². The van der Waals surface area contributed by atoms with Gasteiger partial charge >= 0.3 is 0 Å². The highest BCUT2D eigenvalue weighted by Gasteiger charge is 2.30. The molecule has 1 aliphatic carbocycles. The van der Waals surface area contributed by atoms with E-state index < -0.39 is 0 Å². The lowest BCUT2D eigenvalue weighted by Gasteiger charge is -2.19. The Morgan fingerprint density at radius 2 is 0.956 bits per heavy atom. The summed E-state index contributed by atoms with van der Waals surface area (Å²) in [6.45, 7) is 24.4. The molecule has 6 aromatic carbocycles. The zero-order valence-corrected chi connectivity index (χ0v) is 42.2. The molecule has 1 aromatic heterocycles. The first kappa shape index (κ1) is 46.4. The predicted molar refractivity (Wildman–Crippen MR) is 294 cm³/mol. The lowest BCUT2D eigenvalue weighted by Crippen LogP contribution is -2.10. The van der Waals surface area contributed by atoms with Crippen LogP contribution in [0.3, 0.4) is 0 Å². The van der Waals surface area contributed by atoms with Gasteiger partial charge in [-0.1, -0.05) is 164 Å². The van der Waals surface area contributed by atoms with Crippen LogP contribution in [0.25, 0.3) is 50.1 Å². The molecule has 2 nitrogen and oxygen atoms in total. The molecule has 2 aliphatic rings. The first-order chi connectivity index (χ1) is 32.7. The molecule has 0 saturated heterocycles. The third kappa shape index (κ3) is 8.92. The Bertz CT molecular complexity index is 3180. The van der Waals surface area contributed by atoms with Crippen LogP contribution in [-0.2, 0) is 6.42 Å². The summed E-state index contributed by atoms with van der Waals surface area (Å²) in [5.74, 6) is 0.291. The summed E-state index contributed by atoms with van der Waals surface area (Å²) < 4.78 is 1.97. The zero-order chi connectivity index (χ0) is 48.0. The number of aliphatic imine (C=N–C) groups is 1. The van der Waals surface area contributed by atoms with E-state index >= 15 is 0 Å². The SMILES string of the molecule is [B]n1c(/C(=C2/CC(CC)C(c3ccc(-c4ccc(-c5c(C)cc(C)cc5C)cc4)cc3)=N2)c2c(C)cc(C)cc2C)cc(CC)c1C1=CCC=C(c2ccc(-c3c(C)cc(C)cc3C)cc2)C=C1. The van der Waals surface area contributed by atoms with Crippen molar-refractivity contribution in [3.63, 3.8) is 0 Å². The minimum atomic E-state index is 0.291. The summed E-state index contributed by atoms with van der Waals surface area (Å²) in [5, 5.41) is 0. The molecule has 0 saturated carbocycles. The Balaban J connectivity index is 1.06. The molecule has 68 heavy (non-hydrogen) atoms. The average Bonchev–Trinajstić information content (AvgIpc) is 3.78. The lowest BCUT2D eigenvalue weighted by atomic mass is 9.87. The third-order valence-corrected chi connectivity index (χ3v) is 14.5. The van der Waals surface area contributed by atoms with Gasteiger partial charge in [0.1, 0.15) is 0 Å². The number of hydrogen-bond donors (Lipinski definition) is 0. The van der Waals surface area contributed by atoms with Crippen LogP contribution >= 0.6 is 0 Å². The van der Waals surface area contributed by atoms with Gasteiger partial charge in [0.05, 0.1) is 11.4 Å². The molecule has 1 atom stereocenters. The Morgan fingerprint density at radius 1 is 0.529 bits per heavy atom. The Hall–Kier alpha value is -6.71. The first-order valence-corrected chi connectivity index (χ1v) is 24.7. The van der Waals surface area contributed by atoms with Gasteiger partial charge in [-0.25, -0.2) is 0 Å². The van der Waals surface area contributed by atoms with E-state index in [1.54, 1.807) is 0 Å². The van der Waals surface area contributed by atoms with Crippen LogP contribution in [0.4, 0.5) is 0 Å². The topological polar surface area (TPSA) is 17.3 Å². The molecule has 9 rings (SSSR count). The lowest BCUT2D eigenvalue weighted by molar-refractivity contribution is 0.686. The van der Waals surface area contributed by atoms with Crippen LogP contribution in [0.1, 0.15) is 117 Å². The molecule has 7 aromatic rings. The number of allylic oxidation sites excluding steroid dienone is 7. The molecule has 0 amide bonds. The Kier molecular flexibility index (Phi) is 13.0. The molecule has 0 bridgehead atoms. The highest BCUT2D eigenvalue weighted by Crippen LogP contribution is 2.43. The number of aryl methyl sites for hydroxylation is 10. The van der Waals surface area contributed by atoms with Crippen molar-refractivity contribution in [3.05, 3.63) is 229 Å². The summed E-state index contributed by atoms with van der Waals surface area (Å²) in [4.78, 5) is 5.64. The number of hydrogen-bond acceptors (Lipinski definition) is 1.